The van der Waals surface area contributed by atoms with Crippen molar-refractivity contribution in [3.8, 4) is 0 Å². The number of nitrogens with zero attached hydrogens (tertiary/aromatic N) is 1. The fourth-order valence-corrected chi connectivity index (χ4v) is 4.00. The van der Waals surface area contributed by atoms with Crippen molar-refractivity contribution >= 4 is 22.7 Å². The number of carbonyl (C=O) groups is 2. The number of carbonyl (C=O) groups excluding carboxylic acids is 2. The largest absolute Gasteiger partial charge is 0.381 e. The highest BCUT2D eigenvalue weighted by Crippen LogP contribution is 2.27. The van der Waals surface area contributed by atoms with Gasteiger partial charge in [0.25, 0.3) is 11.8 Å². The third-order valence-electron chi connectivity index (χ3n) is 5.91. The van der Waals surface area contributed by atoms with Crippen LogP contribution in [0.3, 0.4) is 0 Å². The highest BCUT2D eigenvalue weighted by atomic mass is 19.1. The van der Waals surface area contributed by atoms with E-state index >= 15 is 0 Å². The molecule has 0 atom stereocenters. The van der Waals surface area contributed by atoms with Gasteiger partial charge in [-0.1, -0.05) is 18.2 Å². The molecule has 1 aliphatic rings. The zero-order valence-corrected chi connectivity index (χ0v) is 17.7. The van der Waals surface area contributed by atoms with E-state index in [-0.39, 0.29) is 17.4 Å². The standard InChI is InChI=1S/C24H26FN3O3/c1-24(10-12-31-13-11-24)27-23(30)18-15-28(20-5-3-4-19(25)21(18)20)14-16-6-8-17(9-7-16)22(29)26-2/h3-9,15H,10-14H2,1-2H3,(H,26,29)(H,27,30). The molecule has 7 heteroatoms. The van der Waals surface area contributed by atoms with E-state index in [2.05, 4.69) is 10.6 Å². The summed E-state index contributed by atoms with van der Waals surface area (Å²) in [7, 11) is 1.59. The van der Waals surface area contributed by atoms with Crippen LogP contribution < -0.4 is 10.6 Å². The number of hydrogen-bond acceptors (Lipinski definition) is 3. The molecule has 2 heterocycles. The monoisotopic (exact) mass is 423 g/mol. The van der Waals surface area contributed by atoms with Crippen molar-refractivity contribution in [3.05, 3.63) is 71.2 Å². The molecule has 4 rings (SSSR count). The van der Waals surface area contributed by atoms with E-state index in [1.165, 1.54) is 6.07 Å². The number of hydrogen-bond donors (Lipinski definition) is 2. The van der Waals surface area contributed by atoms with Gasteiger partial charge in [0.05, 0.1) is 11.1 Å². The van der Waals surface area contributed by atoms with Gasteiger partial charge in [0.15, 0.2) is 0 Å². The van der Waals surface area contributed by atoms with Crippen molar-refractivity contribution in [2.45, 2.75) is 31.8 Å². The molecular formula is C24H26FN3O3. The first-order valence-corrected chi connectivity index (χ1v) is 10.4. The lowest BCUT2D eigenvalue weighted by molar-refractivity contribution is 0.0423. The summed E-state index contributed by atoms with van der Waals surface area (Å²) in [6, 6.07) is 12.0. The zero-order valence-electron chi connectivity index (χ0n) is 17.7. The minimum atomic E-state index is -0.423. The van der Waals surface area contributed by atoms with Crippen molar-refractivity contribution in [3.63, 3.8) is 0 Å². The van der Waals surface area contributed by atoms with E-state index in [0.29, 0.717) is 41.8 Å². The molecule has 6 nitrogen and oxygen atoms in total. The van der Waals surface area contributed by atoms with Crippen LogP contribution in [0.2, 0.25) is 0 Å². The summed E-state index contributed by atoms with van der Waals surface area (Å²) < 4.78 is 22.0. The zero-order chi connectivity index (χ0) is 22.0. The number of amides is 2. The van der Waals surface area contributed by atoms with Crippen molar-refractivity contribution in [1.29, 1.82) is 0 Å². The van der Waals surface area contributed by atoms with Crippen LogP contribution >= 0.6 is 0 Å². The number of nitrogens with one attached hydrogen (secondary N) is 2. The van der Waals surface area contributed by atoms with E-state index in [1.807, 2.05) is 29.7 Å². The first-order valence-electron chi connectivity index (χ1n) is 10.4. The van der Waals surface area contributed by atoms with E-state index in [0.717, 1.165) is 18.4 Å². The van der Waals surface area contributed by atoms with Gasteiger partial charge in [-0.05, 0) is 49.6 Å². The third kappa shape index (κ3) is 4.32. The normalized spacial score (nSPS) is 15.6. The molecule has 2 aromatic carbocycles. The molecule has 1 aromatic heterocycles. The first-order chi connectivity index (χ1) is 14.9. The van der Waals surface area contributed by atoms with Gasteiger partial charge >= 0.3 is 0 Å². The minimum Gasteiger partial charge on any atom is -0.381 e. The predicted molar refractivity (Wildman–Crippen MR) is 117 cm³/mol. The van der Waals surface area contributed by atoms with Crippen molar-refractivity contribution in [2.24, 2.45) is 0 Å². The number of fused-ring (bicyclic) bond motifs is 1. The van der Waals surface area contributed by atoms with Gasteiger partial charge in [-0.25, -0.2) is 4.39 Å². The Bertz CT molecular complexity index is 1120. The molecule has 2 N–H and O–H groups in total. The fraction of sp³-hybridized carbons (Fsp3) is 0.333. The summed E-state index contributed by atoms with van der Waals surface area (Å²) in [6.45, 7) is 3.64. The first kappa shape index (κ1) is 21.1. The third-order valence-corrected chi connectivity index (χ3v) is 5.91. The summed E-state index contributed by atoms with van der Waals surface area (Å²) in [5, 5.41) is 6.00. The topological polar surface area (TPSA) is 72.4 Å². The fourth-order valence-electron chi connectivity index (χ4n) is 4.00. The van der Waals surface area contributed by atoms with Crippen LogP contribution in [0.4, 0.5) is 4.39 Å². The van der Waals surface area contributed by atoms with Gasteiger partial charge < -0.3 is 19.9 Å². The highest BCUT2D eigenvalue weighted by Gasteiger charge is 2.30. The average molecular weight is 423 g/mol. The number of aromatic nitrogens is 1. The molecule has 162 valence electrons. The molecule has 1 saturated heterocycles. The lowest BCUT2D eigenvalue weighted by atomic mass is 9.92. The van der Waals surface area contributed by atoms with Crippen LogP contribution in [-0.2, 0) is 11.3 Å². The molecule has 31 heavy (non-hydrogen) atoms. The highest BCUT2D eigenvalue weighted by molar-refractivity contribution is 6.07. The Balaban J connectivity index is 1.65. The molecule has 3 aromatic rings. The number of benzene rings is 2. The molecule has 1 fully saturated rings. The quantitative estimate of drug-likeness (QED) is 0.660. The molecule has 2 amide bonds. The average Bonchev–Trinajstić information content (AvgIpc) is 3.14. The van der Waals surface area contributed by atoms with E-state index in [9.17, 15) is 14.0 Å². The van der Waals surface area contributed by atoms with Crippen LogP contribution in [0.15, 0.2) is 48.7 Å². The molecule has 0 radical (unpaired) electrons. The Morgan fingerprint density at radius 1 is 1.10 bits per heavy atom. The Hall–Kier alpha value is -3.19. The van der Waals surface area contributed by atoms with Gasteiger partial charge in [-0.15, -0.1) is 0 Å². The summed E-state index contributed by atoms with van der Waals surface area (Å²) in [5.74, 6) is -0.859. The van der Waals surface area contributed by atoms with E-state index < -0.39 is 5.82 Å². The van der Waals surface area contributed by atoms with Crippen LogP contribution in [-0.4, -0.2) is 42.2 Å². The van der Waals surface area contributed by atoms with Crippen LogP contribution in [0.5, 0.6) is 0 Å². The van der Waals surface area contributed by atoms with Gasteiger partial charge in [0, 0.05) is 49.5 Å². The van der Waals surface area contributed by atoms with Crippen LogP contribution in [0.25, 0.3) is 10.9 Å². The van der Waals surface area contributed by atoms with Crippen molar-refractivity contribution in [2.75, 3.05) is 20.3 Å². The molecule has 0 spiro atoms. The lowest BCUT2D eigenvalue weighted by Crippen LogP contribution is -2.49. The van der Waals surface area contributed by atoms with Gasteiger partial charge in [0.2, 0.25) is 0 Å². The maximum absolute atomic E-state index is 14.8. The summed E-state index contributed by atoms with van der Waals surface area (Å²) in [6.07, 6.45) is 3.15. The lowest BCUT2D eigenvalue weighted by Gasteiger charge is -2.34. The Kier molecular flexibility index (Phi) is 5.78. The minimum absolute atomic E-state index is 0.152. The summed E-state index contributed by atoms with van der Waals surface area (Å²) >= 11 is 0. The second-order valence-corrected chi connectivity index (χ2v) is 8.21. The Morgan fingerprint density at radius 2 is 1.81 bits per heavy atom. The second kappa shape index (κ2) is 8.51. The molecule has 0 unspecified atom stereocenters. The molecule has 0 saturated carbocycles. The summed E-state index contributed by atoms with van der Waals surface area (Å²) in [5.41, 5.74) is 2.11. The molecule has 0 aliphatic carbocycles. The number of rotatable bonds is 5. The maximum atomic E-state index is 14.8. The van der Waals surface area contributed by atoms with Crippen molar-refractivity contribution in [1.82, 2.24) is 15.2 Å². The Morgan fingerprint density at radius 3 is 2.48 bits per heavy atom. The Labute approximate surface area is 180 Å². The van der Waals surface area contributed by atoms with E-state index in [1.54, 1.807) is 31.4 Å². The maximum Gasteiger partial charge on any atom is 0.253 e. The van der Waals surface area contributed by atoms with Crippen molar-refractivity contribution < 1.29 is 18.7 Å². The smallest absolute Gasteiger partial charge is 0.253 e. The van der Waals surface area contributed by atoms with E-state index in [4.69, 9.17) is 4.74 Å². The van der Waals surface area contributed by atoms with Gasteiger partial charge in [-0.3, -0.25) is 9.59 Å². The molecular weight excluding hydrogens is 397 g/mol. The number of halogens is 1. The SMILES string of the molecule is CNC(=O)c1ccc(Cn2cc(C(=O)NC3(C)CCOCC3)c3c(F)cccc32)cc1. The van der Waals surface area contributed by atoms with Gasteiger partial charge in [-0.2, -0.15) is 0 Å². The van der Waals surface area contributed by atoms with Crippen LogP contribution in [0.1, 0.15) is 46.0 Å². The van der Waals surface area contributed by atoms with Gasteiger partial charge in [0.1, 0.15) is 5.82 Å². The van der Waals surface area contributed by atoms with Crippen LogP contribution in [0, 0.1) is 5.82 Å². The number of ether oxygens (including phenoxy) is 1. The predicted octanol–water partition coefficient (Wildman–Crippen LogP) is 3.49. The second-order valence-electron chi connectivity index (χ2n) is 8.21. The molecule has 1 aliphatic heterocycles. The molecule has 0 bridgehead atoms. The summed E-state index contributed by atoms with van der Waals surface area (Å²) in [4.78, 5) is 24.9.